The lowest BCUT2D eigenvalue weighted by molar-refractivity contribution is -0.151. The van der Waals surface area contributed by atoms with Crippen molar-refractivity contribution >= 4 is 33.6 Å². The number of rotatable bonds is 5. The van der Waals surface area contributed by atoms with E-state index in [4.69, 9.17) is 5.11 Å². The molecule has 0 heterocycles. The van der Waals surface area contributed by atoms with Crippen molar-refractivity contribution in [1.82, 2.24) is 4.90 Å². The molecule has 1 aromatic rings. The fourth-order valence-electron chi connectivity index (χ4n) is 1.32. The zero-order chi connectivity index (χ0) is 13.7. The van der Waals surface area contributed by atoms with E-state index in [2.05, 4.69) is 15.9 Å². The molecule has 0 radical (unpaired) electrons. The van der Waals surface area contributed by atoms with Crippen LogP contribution in [0.3, 0.4) is 0 Å². The number of carbonyl (C=O) groups excluding carboxylic acids is 2. The molecule has 0 spiro atoms. The van der Waals surface area contributed by atoms with Gasteiger partial charge in [0.05, 0.1) is 6.42 Å². The van der Waals surface area contributed by atoms with Crippen LogP contribution >= 0.6 is 15.9 Å². The van der Waals surface area contributed by atoms with Crippen LogP contribution in [0.25, 0.3) is 0 Å². The minimum absolute atomic E-state index is 0.313. The third kappa shape index (κ3) is 3.96. The first kappa shape index (κ1) is 14.4. The van der Waals surface area contributed by atoms with Crippen LogP contribution in [0.1, 0.15) is 12.0 Å². The number of benzene rings is 1. The van der Waals surface area contributed by atoms with Gasteiger partial charge in [-0.25, -0.2) is 4.79 Å². The monoisotopic (exact) mass is 313 g/mol. The highest BCUT2D eigenvalue weighted by Crippen LogP contribution is 2.17. The van der Waals surface area contributed by atoms with Gasteiger partial charge in [0.25, 0.3) is 0 Å². The normalized spacial score (nSPS) is 9.89. The molecule has 6 heteroatoms. The molecule has 0 aliphatic heterocycles. The van der Waals surface area contributed by atoms with E-state index in [-0.39, 0.29) is 0 Å². The van der Waals surface area contributed by atoms with Crippen molar-refractivity contribution < 1.29 is 19.5 Å². The molecule has 1 N–H and O–H groups in total. The molecule has 0 aliphatic carbocycles. The van der Waals surface area contributed by atoms with E-state index in [1.54, 1.807) is 0 Å². The Morgan fingerprint density at radius 3 is 2.44 bits per heavy atom. The summed E-state index contributed by atoms with van der Waals surface area (Å²) in [6.45, 7) is 0.313. The van der Waals surface area contributed by atoms with Crippen LogP contribution in [-0.2, 0) is 20.9 Å². The molecule has 5 nitrogen and oxygen atoms in total. The Labute approximate surface area is 113 Å². The molecule has 1 amide bonds. The van der Waals surface area contributed by atoms with Crippen LogP contribution in [0, 0.1) is 0 Å². The Bertz CT molecular complexity index is 487. The first-order valence-electron chi connectivity index (χ1n) is 5.15. The molecule has 1 aromatic carbocycles. The minimum Gasteiger partial charge on any atom is -0.475 e. The van der Waals surface area contributed by atoms with Gasteiger partial charge in [0, 0.05) is 18.1 Å². The van der Waals surface area contributed by atoms with Crippen molar-refractivity contribution in [2.45, 2.75) is 13.0 Å². The predicted molar refractivity (Wildman–Crippen MR) is 67.9 cm³/mol. The fraction of sp³-hybridized carbons (Fsp3) is 0.250. The van der Waals surface area contributed by atoms with Gasteiger partial charge in [-0.1, -0.05) is 34.1 Å². The summed E-state index contributed by atoms with van der Waals surface area (Å²) in [5.74, 6) is -3.20. The Morgan fingerprint density at radius 2 is 1.89 bits per heavy atom. The average molecular weight is 314 g/mol. The van der Waals surface area contributed by atoms with Crippen molar-refractivity contribution in [1.29, 1.82) is 0 Å². The number of amides is 1. The maximum absolute atomic E-state index is 11.6. The molecule has 0 fully saturated rings. The Balaban J connectivity index is 2.63. The summed E-state index contributed by atoms with van der Waals surface area (Å²) in [5, 5.41) is 8.42. The lowest BCUT2D eigenvalue weighted by atomic mass is 10.2. The summed E-state index contributed by atoms with van der Waals surface area (Å²) in [6.07, 6.45) is -0.615. The van der Waals surface area contributed by atoms with Gasteiger partial charge in [0.15, 0.2) is 0 Å². The van der Waals surface area contributed by atoms with Crippen LogP contribution in [0.2, 0.25) is 0 Å². The van der Waals surface area contributed by atoms with Crippen LogP contribution < -0.4 is 0 Å². The number of carbonyl (C=O) groups is 3. The predicted octanol–water partition coefficient (Wildman–Crippen LogP) is 1.45. The van der Waals surface area contributed by atoms with Crippen molar-refractivity contribution in [3.8, 4) is 0 Å². The Kier molecular flexibility index (Phi) is 5.03. The van der Waals surface area contributed by atoms with Gasteiger partial charge in [0.1, 0.15) is 0 Å². The maximum Gasteiger partial charge on any atom is 0.372 e. The molecule has 0 bridgehead atoms. The zero-order valence-electron chi connectivity index (χ0n) is 9.72. The Morgan fingerprint density at radius 1 is 1.28 bits per heavy atom. The van der Waals surface area contributed by atoms with E-state index in [0.717, 1.165) is 10.0 Å². The number of aliphatic carboxylic acids is 1. The number of Topliss-reactive ketones (excluding diaryl/α,β-unsaturated/α-hetero) is 1. The molecule has 0 aromatic heterocycles. The van der Waals surface area contributed by atoms with Crippen LogP contribution in [0.4, 0.5) is 0 Å². The third-order valence-electron chi connectivity index (χ3n) is 2.34. The highest BCUT2D eigenvalue weighted by Gasteiger charge is 2.19. The number of halogens is 1. The number of ketones is 1. The second-order valence-electron chi connectivity index (χ2n) is 3.75. The van der Waals surface area contributed by atoms with Crippen molar-refractivity contribution in [2.24, 2.45) is 0 Å². The average Bonchev–Trinajstić information content (AvgIpc) is 2.31. The van der Waals surface area contributed by atoms with E-state index in [9.17, 15) is 14.4 Å². The topological polar surface area (TPSA) is 74.7 Å². The fourth-order valence-corrected chi connectivity index (χ4v) is 1.73. The standard InChI is InChI=1S/C12H12BrNO4/c1-14(11(16)6-10(15)12(17)18)7-8-4-2-3-5-9(8)13/h2-5H,6-7H2,1H3,(H,17,18). The molecular weight excluding hydrogens is 302 g/mol. The highest BCUT2D eigenvalue weighted by molar-refractivity contribution is 9.10. The first-order valence-corrected chi connectivity index (χ1v) is 5.94. The summed E-state index contributed by atoms with van der Waals surface area (Å²) in [5.41, 5.74) is 0.885. The summed E-state index contributed by atoms with van der Waals surface area (Å²) >= 11 is 3.35. The van der Waals surface area contributed by atoms with Crippen LogP contribution in [0.5, 0.6) is 0 Å². The van der Waals surface area contributed by atoms with Gasteiger partial charge in [-0.15, -0.1) is 0 Å². The lowest BCUT2D eigenvalue weighted by Crippen LogP contribution is -2.30. The second-order valence-corrected chi connectivity index (χ2v) is 4.60. The van der Waals surface area contributed by atoms with Crippen LogP contribution in [0.15, 0.2) is 28.7 Å². The van der Waals surface area contributed by atoms with Crippen LogP contribution in [-0.4, -0.2) is 34.7 Å². The lowest BCUT2D eigenvalue weighted by Gasteiger charge is -2.17. The molecule has 1 rings (SSSR count). The molecule has 96 valence electrons. The van der Waals surface area contributed by atoms with Gasteiger partial charge >= 0.3 is 5.97 Å². The van der Waals surface area contributed by atoms with E-state index in [0.29, 0.717) is 6.54 Å². The maximum atomic E-state index is 11.6. The quantitative estimate of drug-likeness (QED) is 0.659. The molecule has 18 heavy (non-hydrogen) atoms. The van der Waals surface area contributed by atoms with E-state index in [1.807, 2.05) is 24.3 Å². The first-order chi connectivity index (χ1) is 8.41. The summed E-state index contributed by atoms with van der Waals surface area (Å²) < 4.78 is 0.856. The minimum atomic E-state index is -1.59. The van der Waals surface area contributed by atoms with Gasteiger partial charge in [-0.2, -0.15) is 0 Å². The van der Waals surface area contributed by atoms with Crippen molar-refractivity contribution in [3.05, 3.63) is 34.3 Å². The van der Waals surface area contributed by atoms with E-state index >= 15 is 0 Å². The molecule has 0 atom stereocenters. The largest absolute Gasteiger partial charge is 0.475 e. The number of hydrogen-bond acceptors (Lipinski definition) is 3. The van der Waals surface area contributed by atoms with Crippen molar-refractivity contribution in [3.63, 3.8) is 0 Å². The number of carboxylic acid groups (broad SMARTS) is 1. The smallest absolute Gasteiger partial charge is 0.372 e. The molecule has 0 unspecified atom stereocenters. The second kappa shape index (κ2) is 6.30. The summed E-state index contributed by atoms with van der Waals surface area (Å²) in [6, 6.07) is 7.37. The SMILES string of the molecule is CN(Cc1ccccc1Br)C(=O)CC(=O)C(=O)O. The molecule has 0 aliphatic rings. The van der Waals surface area contributed by atoms with Crippen molar-refractivity contribution in [2.75, 3.05) is 7.05 Å². The van der Waals surface area contributed by atoms with Gasteiger partial charge in [-0.05, 0) is 11.6 Å². The summed E-state index contributed by atoms with van der Waals surface area (Å²) in [7, 11) is 1.52. The van der Waals surface area contributed by atoms with E-state index < -0.39 is 24.1 Å². The number of nitrogens with zero attached hydrogens (tertiary/aromatic N) is 1. The molecule has 0 saturated carbocycles. The third-order valence-corrected chi connectivity index (χ3v) is 3.12. The van der Waals surface area contributed by atoms with E-state index in [1.165, 1.54) is 11.9 Å². The summed E-state index contributed by atoms with van der Waals surface area (Å²) in [4.78, 5) is 34.2. The van der Waals surface area contributed by atoms with Gasteiger partial charge in [-0.3, -0.25) is 9.59 Å². The number of carboxylic acids is 1. The Hall–Kier alpha value is -1.69. The van der Waals surface area contributed by atoms with Gasteiger partial charge in [0.2, 0.25) is 11.7 Å². The number of hydrogen-bond donors (Lipinski definition) is 1. The molecular formula is C12H12BrNO4. The van der Waals surface area contributed by atoms with Gasteiger partial charge < -0.3 is 10.0 Å². The highest BCUT2D eigenvalue weighted by atomic mass is 79.9. The molecule has 0 saturated heterocycles. The zero-order valence-corrected chi connectivity index (χ0v) is 11.3.